The van der Waals surface area contributed by atoms with Gasteiger partial charge in [0.1, 0.15) is 0 Å². The number of fused-ring (bicyclic) bond motifs is 6. The Labute approximate surface area is 186 Å². The normalized spacial score (nSPS) is 39.9. The summed E-state index contributed by atoms with van der Waals surface area (Å²) in [5.74, 6) is 2.32. The van der Waals surface area contributed by atoms with Crippen LogP contribution in [0.1, 0.15) is 76.0 Å². The molecule has 3 aliphatic rings. The highest BCUT2D eigenvalue weighted by molar-refractivity contribution is 6.10. The number of aryl methyl sites for hydroxylation is 1. The molecule has 2 aromatic carbocycles. The Kier molecular flexibility index (Phi) is 4.08. The lowest BCUT2D eigenvalue weighted by molar-refractivity contribution is -0.212. The largest absolute Gasteiger partial charge is 0.393 e. The fourth-order valence-electron chi connectivity index (χ4n) is 9.08. The minimum atomic E-state index is -0.196. The summed E-state index contributed by atoms with van der Waals surface area (Å²) in [6.45, 7) is 12.3. The maximum absolute atomic E-state index is 11.8. The lowest BCUT2D eigenvalue weighted by atomic mass is 9.35. The molecule has 2 nitrogen and oxygen atoms in total. The van der Waals surface area contributed by atoms with Gasteiger partial charge in [0.25, 0.3) is 0 Å². The van der Waals surface area contributed by atoms with Crippen LogP contribution in [0.3, 0.4) is 0 Å². The van der Waals surface area contributed by atoms with Gasteiger partial charge < -0.3 is 10.1 Å². The molecule has 0 amide bonds. The third-order valence-electron chi connectivity index (χ3n) is 10.6. The van der Waals surface area contributed by atoms with Crippen molar-refractivity contribution in [1.82, 2.24) is 4.98 Å². The number of nitrogens with one attached hydrogen (secondary N) is 1. The molecule has 0 unspecified atom stereocenters. The predicted molar refractivity (Wildman–Crippen MR) is 129 cm³/mol. The van der Waals surface area contributed by atoms with E-state index >= 15 is 0 Å². The zero-order chi connectivity index (χ0) is 21.7. The number of hydrogen-bond acceptors (Lipinski definition) is 1. The summed E-state index contributed by atoms with van der Waals surface area (Å²) in [5.41, 5.74) is 7.26. The molecule has 1 heterocycles. The standard InChI is InChI=1S/C29H37NO/c1-16-15-23-25(21-8-6-7-9-22(21)30-23)26-20(16)12-13-29-24(31)11-10-18(3)28(29,5)19(4)14-17(2)27(26)29/h6-9,15,17-19,24,27,30-31H,10-14H2,1-5H3/t17-,18-,19+,24+,27+,28-,29+/m1/s1. The van der Waals surface area contributed by atoms with Crippen LogP contribution in [-0.2, 0) is 6.42 Å². The van der Waals surface area contributed by atoms with Crippen LogP contribution in [-0.4, -0.2) is 16.2 Å². The second-order valence-electron chi connectivity index (χ2n) is 11.6. The van der Waals surface area contributed by atoms with Crippen LogP contribution in [0.5, 0.6) is 0 Å². The molecule has 0 aliphatic heterocycles. The van der Waals surface area contributed by atoms with E-state index < -0.39 is 0 Å². The Bertz CT molecular complexity index is 1190. The lowest BCUT2D eigenvalue weighted by Gasteiger charge is -2.69. The minimum absolute atomic E-state index is 0.0200. The third kappa shape index (κ3) is 2.23. The molecule has 6 rings (SSSR count). The van der Waals surface area contributed by atoms with Gasteiger partial charge >= 0.3 is 0 Å². The van der Waals surface area contributed by atoms with Crippen molar-refractivity contribution in [2.24, 2.45) is 28.6 Å². The first kappa shape index (κ1) is 19.9. The van der Waals surface area contributed by atoms with Gasteiger partial charge in [0, 0.05) is 27.2 Å². The van der Waals surface area contributed by atoms with E-state index in [0.717, 1.165) is 25.7 Å². The highest BCUT2D eigenvalue weighted by Gasteiger charge is 2.67. The van der Waals surface area contributed by atoms with Crippen molar-refractivity contribution >= 4 is 21.8 Å². The van der Waals surface area contributed by atoms with Crippen LogP contribution in [0.15, 0.2) is 30.3 Å². The Balaban J connectivity index is 1.73. The van der Waals surface area contributed by atoms with Gasteiger partial charge in [-0.3, -0.25) is 0 Å². The van der Waals surface area contributed by atoms with Crippen LogP contribution >= 0.6 is 0 Å². The first-order chi connectivity index (χ1) is 14.8. The topological polar surface area (TPSA) is 36.0 Å². The smallest absolute Gasteiger partial charge is 0.0608 e. The summed E-state index contributed by atoms with van der Waals surface area (Å²) in [5, 5.41) is 14.6. The highest BCUT2D eigenvalue weighted by atomic mass is 16.3. The Morgan fingerprint density at radius 3 is 2.61 bits per heavy atom. The molecule has 2 N–H and O–H groups in total. The van der Waals surface area contributed by atoms with E-state index in [1.165, 1.54) is 33.8 Å². The van der Waals surface area contributed by atoms with Crippen LogP contribution in [0.25, 0.3) is 21.8 Å². The van der Waals surface area contributed by atoms with E-state index in [1.807, 2.05) is 0 Å². The second-order valence-corrected chi connectivity index (χ2v) is 11.6. The quantitative estimate of drug-likeness (QED) is 0.403. The van der Waals surface area contributed by atoms with Crippen LogP contribution in [0.4, 0.5) is 0 Å². The maximum atomic E-state index is 11.8. The van der Waals surface area contributed by atoms with Crippen LogP contribution in [0.2, 0.25) is 0 Å². The molecule has 0 saturated heterocycles. The van der Waals surface area contributed by atoms with E-state index in [9.17, 15) is 5.11 Å². The van der Waals surface area contributed by atoms with Gasteiger partial charge in [-0.15, -0.1) is 0 Å². The second kappa shape index (κ2) is 6.38. The van der Waals surface area contributed by atoms with Gasteiger partial charge in [0.05, 0.1) is 6.10 Å². The monoisotopic (exact) mass is 415 g/mol. The molecule has 7 atom stereocenters. The molecule has 0 bridgehead atoms. The van der Waals surface area contributed by atoms with Crippen molar-refractivity contribution in [3.8, 4) is 0 Å². The number of aliphatic hydroxyl groups excluding tert-OH is 1. The zero-order valence-corrected chi connectivity index (χ0v) is 19.8. The minimum Gasteiger partial charge on any atom is -0.393 e. The molecule has 1 aromatic heterocycles. The summed E-state index contributed by atoms with van der Waals surface area (Å²) in [6.07, 6.45) is 5.43. The van der Waals surface area contributed by atoms with E-state index in [0.29, 0.717) is 23.7 Å². The number of rotatable bonds is 0. The third-order valence-corrected chi connectivity index (χ3v) is 10.6. The lowest BCUT2D eigenvalue weighted by Crippen LogP contribution is -2.65. The summed E-state index contributed by atoms with van der Waals surface area (Å²) in [7, 11) is 0. The van der Waals surface area contributed by atoms with Crippen molar-refractivity contribution in [1.29, 1.82) is 0 Å². The average Bonchev–Trinajstić information content (AvgIpc) is 3.11. The molecule has 164 valence electrons. The number of hydrogen-bond donors (Lipinski definition) is 2. The van der Waals surface area contributed by atoms with Gasteiger partial charge in [0.15, 0.2) is 0 Å². The maximum Gasteiger partial charge on any atom is 0.0608 e. The van der Waals surface area contributed by atoms with Gasteiger partial charge in [-0.25, -0.2) is 0 Å². The molecule has 2 fully saturated rings. The van der Waals surface area contributed by atoms with Gasteiger partial charge in [-0.2, -0.15) is 0 Å². The molecular formula is C29H37NO. The number of aromatic amines is 1. The Morgan fingerprint density at radius 2 is 1.81 bits per heavy atom. The molecular weight excluding hydrogens is 378 g/mol. The Hall–Kier alpha value is -1.80. The van der Waals surface area contributed by atoms with Crippen molar-refractivity contribution in [3.05, 3.63) is 47.0 Å². The molecule has 3 aromatic rings. The zero-order valence-electron chi connectivity index (χ0n) is 19.8. The number of para-hydroxylation sites is 1. The predicted octanol–water partition coefficient (Wildman–Crippen LogP) is 7.12. The van der Waals surface area contributed by atoms with Crippen molar-refractivity contribution in [3.63, 3.8) is 0 Å². The van der Waals surface area contributed by atoms with Gasteiger partial charge in [0.2, 0.25) is 0 Å². The van der Waals surface area contributed by atoms with E-state index in [4.69, 9.17) is 0 Å². The summed E-state index contributed by atoms with van der Waals surface area (Å²) < 4.78 is 0. The van der Waals surface area contributed by atoms with E-state index in [2.05, 4.69) is 69.9 Å². The van der Waals surface area contributed by atoms with Crippen molar-refractivity contribution in [2.75, 3.05) is 0 Å². The van der Waals surface area contributed by atoms with Gasteiger partial charge in [-0.1, -0.05) is 45.9 Å². The summed E-state index contributed by atoms with van der Waals surface area (Å²) in [4.78, 5) is 3.72. The fourth-order valence-corrected chi connectivity index (χ4v) is 9.08. The van der Waals surface area contributed by atoms with Crippen LogP contribution in [0, 0.1) is 35.5 Å². The van der Waals surface area contributed by atoms with Gasteiger partial charge in [-0.05, 0) is 96.9 Å². The molecule has 31 heavy (non-hydrogen) atoms. The number of aliphatic hydroxyl groups is 1. The van der Waals surface area contributed by atoms with Crippen molar-refractivity contribution < 1.29 is 5.11 Å². The number of aromatic nitrogens is 1. The molecule has 2 heteroatoms. The van der Waals surface area contributed by atoms with E-state index in [1.54, 1.807) is 11.1 Å². The average molecular weight is 416 g/mol. The number of benzene rings is 2. The molecule has 1 spiro atoms. The summed E-state index contributed by atoms with van der Waals surface area (Å²) >= 11 is 0. The van der Waals surface area contributed by atoms with Crippen molar-refractivity contribution in [2.45, 2.75) is 78.7 Å². The Morgan fingerprint density at radius 1 is 1.03 bits per heavy atom. The first-order valence-corrected chi connectivity index (χ1v) is 12.5. The van der Waals surface area contributed by atoms with E-state index in [-0.39, 0.29) is 16.9 Å². The highest BCUT2D eigenvalue weighted by Crippen LogP contribution is 2.72. The molecule has 2 saturated carbocycles. The molecule has 3 aliphatic carbocycles. The van der Waals surface area contributed by atoms with Crippen LogP contribution < -0.4 is 0 Å². The fraction of sp³-hybridized carbons (Fsp3) is 0.586. The SMILES string of the molecule is Cc1cc2[nH]c3ccccc3c2c2c1CC[C@]13[C@H]2[C@H](C)C[C@H](C)[C@@]1(C)[C@H](C)CC[C@@H]3O. The molecule has 0 radical (unpaired) electrons. The number of H-pyrrole nitrogens is 1. The summed E-state index contributed by atoms with van der Waals surface area (Å²) in [6, 6.07) is 11.2. The first-order valence-electron chi connectivity index (χ1n) is 12.5.